The first-order valence-corrected chi connectivity index (χ1v) is 4.39. The third-order valence-electron chi connectivity index (χ3n) is 1.83. The fraction of sp³-hybridized carbons (Fsp3) is 0.444. The molecule has 14 heavy (non-hydrogen) atoms. The van der Waals surface area contributed by atoms with Crippen LogP contribution in [-0.2, 0) is 14.4 Å². The molecule has 1 aliphatic rings. The lowest BCUT2D eigenvalue weighted by Gasteiger charge is -2.13. The van der Waals surface area contributed by atoms with Gasteiger partial charge < -0.3 is 5.32 Å². The number of nitrogens with one attached hydrogen (secondary N) is 1. The minimum absolute atomic E-state index is 0. The van der Waals surface area contributed by atoms with Crippen LogP contribution in [0.5, 0.6) is 0 Å². The van der Waals surface area contributed by atoms with Crippen LogP contribution in [0.1, 0.15) is 14.8 Å². The van der Waals surface area contributed by atoms with Gasteiger partial charge in [0.05, 0.1) is 0 Å². The van der Waals surface area contributed by atoms with Crippen molar-refractivity contribution in [3.63, 3.8) is 0 Å². The standard InChI is InChI=1S/C9H12N2O3.H2/c1-7(12)10-5-2-6-11-8(13)3-4-9(11)14;/h3-4H,2,5-6H2,1H3,(H,10,12);1H. The van der Waals surface area contributed by atoms with E-state index in [1.165, 1.54) is 19.1 Å². The second kappa shape index (κ2) is 4.55. The van der Waals surface area contributed by atoms with E-state index < -0.39 is 0 Å². The van der Waals surface area contributed by atoms with Crippen molar-refractivity contribution in [1.29, 1.82) is 0 Å². The number of nitrogens with zero attached hydrogens (tertiary/aromatic N) is 1. The van der Waals surface area contributed by atoms with Crippen LogP contribution in [0.2, 0.25) is 0 Å². The number of amides is 3. The van der Waals surface area contributed by atoms with E-state index in [1.54, 1.807) is 0 Å². The van der Waals surface area contributed by atoms with Gasteiger partial charge in [-0.15, -0.1) is 0 Å². The second-order valence-corrected chi connectivity index (χ2v) is 3.00. The Morgan fingerprint density at radius 1 is 1.43 bits per heavy atom. The normalized spacial score (nSPS) is 15.1. The van der Waals surface area contributed by atoms with Crippen molar-refractivity contribution in [3.8, 4) is 0 Å². The average molecular weight is 198 g/mol. The van der Waals surface area contributed by atoms with Crippen LogP contribution >= 0.6 is 0 Å². The molecule has 5 heteroatoms. The number of rotatable bonds is 4. The van der Waals surface area contributed by atoms with Crippen LogP contribution in [0.3, 0.4) is 0 Å². The van der Waals surface area contributed by atoms with Gasteiger partial charge in [0.15, 0.2) is 0 Å². The number of imide groups is 1. The van der Waals surface area contributed by atoms with E-state index in [9.17, 15) is 14.4 Å². The fourth-order valence-electron chi connectivity index (χ4n) is 1.15. The van der Waals surface area contributed by atoms with Gasteiger partial charge in [-0.1, -0.05) is 0 Å². The van der Waals surface area contributed by atoms with Gasteiger partial charge in [-0.2, -0.15) is 0 Å². The van der Waals surface area contributed by atoms with Crippen molar-refractivity contribution < 1.29 is 15.8 Å². The molecule has 78 valence electrons. The van der Waals surface area contributed by atoms with Crippen molar-refractivity contribution in [3.05, 3.63) is 12.2 Å². The zero-order chi connectivity index (χ0) is 10.6. The second-order valence-electron chi connectivity index (χ2n) is 3.00. The maximum Gasteiger partial charge on any atom is 0.253 e. The van der Waals surface area contributed by atoms with Gasteiger partial charge in [-0.3, -0.25) is 19.3 Å². The molecule has 0 spiro atoms. The van der Waals surface area contributed by atoms with E-state index in [0.29, 0.717) is 19.5 Å². The zero-order valence-corrected chi connectivity index (χ0v) is 7.95. The molecule has 5 nitrogen and oxygen atoms in total. The van der Waals surface area contributed by atoms with Crippen LogP contribution in [0.4, 0.5) is 0 Å². The Morgan fingerprint density at radius 2 is 2.00 bits per heavy atom. The molecule has 0 atom stereocenters. The lowest BCUT2D eigenvalue weighted by Crippen LogP contribution is -2.33. The molecule has 3 amide bonds. The predicted octanol–water partition coefficient (Wildman–Crippen LogP) is -0.316. The van der Waals surface area contributed by atoms with Gasteiger partial charge in [-0.05, 0) is 6.42 Å². The summed E-state index contributed by atoms with van der Waals surface area (Å²) in [6.07, 6.45) is 3.08. The third-order valence-corrected chi connectivity index (χ3v) is 1.83. The van der Waals surface area contributed by atoms with Crippen molar-refractivity contribution in [2.45, 2.75) is 13.3 Å². The highest BCUT2D eigenvalue weighted by atomic mass is 16.2. The van der Waals surface area contributed by atoms with E-state index in [4.69, 9.17) is 0 Å². The smallest absolute Gasteiger partial charge is 0.253 e. The van der Waals surface area contributed by atoms with Crippen LogP contribution in [-0.4, -0.2) is 35.7 Å². The Morgan fingerprint density at radius 3 is 2.50 bits per heavy atom. The summed E-state index contributed by atoms with van der Waals surface area (Å²) < 4.78 is 0. The molecule has 1 rings (SSSR count). The van der Waals surface area contributed by atoms with Crippen molar-refractivity contribution >= 4 is 17.7 Å². The number of carbonyl (C=O) groups is 3. The Balaban J connectivity index is 0.00000196. The number of carbonyl (C=O) groups excluding carboxylic acids is 3. The zero-order valence-electron chi connectivity index (χ0n) is 7.95. The van der Waals surface area contributed by atoms with Gasteiger partial charge in [0.25, 0.3) is 11.8 Å². The first kappa shape index (κ1) is 10.4. The summed E-state index contributed by atoms with van der Waals surface area (Å²) in [5.74, 6) is -0.669. The maximum atomic E-state index is 11.0. The number of hydrogen-bond donors (Lipinski definition) is 1. The van der Waals surface area contributed by atoms with Gasteiger partial charge >= 0.3 is 0 Å². The lowest BCUT2D eigenvalue weighted by molar-refractivity contribution is -0.136. The largest absolute Gasteiger partial charge is 0.356 e. The highest BCUT2D eigenvalue weighted by Gasteiger charge is 2.22. The average Bonchev–Trinajstić information content (AvgIpc) is 2.42. The lowest BCUT2D eigenvalue weighted by atomic mass is 10.4. The quantitative estimate of drug-likeness (QED) is 0.497. The van der Waals surface area contributed by atoms with Crippen molar-refractivity contribution in [1.82, 2.24) is 10.2 Å². The molecule has 0 saturated carbocycles. The van der Waals surface area contributed by atoms with Gasteiger partial charge in [0, 0.05) is 33.6 Å². The van der Waals surface area contributed by atoms with Gasteiger partial charge in [0.1, 0.15) is 0 Å². The fourth-order valence-corrected chi connectivity index (χ4v) is 1.15. The molecule has 0 unspecified atom stereocenters. The predicted molar refractivity (Wildman–Crippen MR) is 51.3 cm³/mol. The maximum absolute atomic E-state index is 11.0. The molecule has 0 aromatic heterocycles. The Labute approximate surface area is 83.2 Å². The summed E-state index contributed by atoms with van der Waals surface area (Å²) in [7, 11) is 0. The summed E-state index contributed by atoms with van der Waals surface area (Å²) in [5, 5.41) is 2.59. The Bertz CT molecular complexity index is 284. The summed E-state index contributed by atoms with van der Waals surface area (Å²) in [5.41, 5.74) is 0. The molecule has 0 fully saturated rings. The van der Waals surface area contributed by atoms with E-state index in [0.717, 1.165) is 4.90 Å². The van der Waals surface area contributed by atoms with Crippen molar-refractivity contribution in [2.75, 3.05) is 13.1 Å². The molecular formula is C9H14N2O3. The molecule has 0 radical (unpaired) electrons. The first-order chi connectivity index (χ1) is 6.61. The molecule has 0 saturated heterocycles. The first-order valence-electron chi connectivity index (χ1n) is 4.39. The van der Waals surface area contributed by atoms with E-state index in [1.807, 2.05) is 0 Å². The summed E-state index contributed by atoms with van der Waals surface area (Å²) in [6, 6.07) is 0. The number of hydrogen-bond acceptors (Lipinski definition) is 3. The van der Waals surface area contributed by atoms with E-state index >= 15 is 0 Å². The Kier molecular flexibility index (Phi) is 3.39. The molecule has 0 aliphatic carbocycles. The van der Waals surface area contributed by atoms with Crippen LogP contribution < -0.4 is 5.32 Å². The van der Waals surface area contributed by atoms with Crippen LogP contribution in [0.25, 0.3) is 0 Å². The summed E-state index contributed by atoms with van der Waals surface area (Å²) >= 11 is 0. The molecule has 0 aromatic rings. The highest BCUT2D eigenvalue weighted by Crippen LogP contribution is 2.03. The summed E-state index contributed by atoms with van der Waals surface area (Å²) in [6.45, 7) is 2.26. The Hall–Kier alpha value is -1.65. The molecule has 1 N–H and O–H groups in total. The van der Waals surface area contributed by atoms with Crippen molar-refractivity contribution in [2.24, 2.45) is 0 Å². The van der Waals surface area contributed by atoms with Crippen LogP contribution in [0, 0.1) is 0 Å². The molecule has 0 bridgehead atoms. The van der Waals surface area contributed by atoms with E-state index in [2.05, 4.69) is 5.32 Å². The minimum Gasteiger partial charge on any atom is -0.356 e. The summed E-state index contributed by atoms with van der Waals surface area (Å²) in [4.78, 5) is 33.7. The SMILES string of the molecule is CC(=O)NCCCN1C(=O)C=CC1=O.[HH]. The molecule has 1 aliphatic heterocycles. The highest BCUT2D eigenvalue weighted by molar-refractivity contribution is 6.12. The monoisotopic (exact) mass is 198 g/mol. The van der Waals surface area contributed by atoms with Gasteiger partial charge in [0.2, 0.25) is 5.91 Å². The topological polar surface area (TPSA) is 66.5 Å². The van der Waals surface area contributed by atoms with E-state index in [-0.39, 0.29) is 19.1 Å². The molecular weight excluding hydrogens is 184 g/mol. The minimum atomic E-state index is -0.280. The van der Waals surface area contributed by atoms with Crippen LogP contribution in [0.15, 0.2) is 12.2 Å². The third kappa shape index (κ3) is 2.69. The molecule has 0 aromatic carbocycles. The van der Waals surface area contributed by atoms with Gasteiger partial charge in [-0.25, -0.2) is 0 Å². The molecule has 1 heterocycles.